The summed E-state index contributed by atoms with van der Waals surface area (Å²) >= 11 is 14.5. The van der Waals surface area contributed by atoms with Crippen LogP contribution in [0.5, 0.6) is 0 Å². The lowest BCUT2D eigenvalue weighted by Crippen LogP contribution is -2.21. The smallest absolute Gasteiger partial charge is 0.163 e. The zero-order chi connectivity index (χ0) is 12.5. The largest absolute Gasteiger partial charge is 0.386 e. The quantitative estimate of drug-likeness (QED) is 0.855. The van der Waals surface area contributed by atoms with Crippen LogP contribution < -0.4 is 0 Å². The fourth-order valence-electron chi connectivity index (χ4n) is 1.12. The van der Waals surface area contributed by atoms with Gasteiger partial charge in [-0.05, 0) is 12.1 Å². The Hall–Kier alpha value is 0.190. The molecule has 0 spiro atoms. The SMILES string of the molecule is CS(=O)(=O)[C@@H](Br)[C@@H](O)c1ccc(Cl)cc1Cl. The van der Waals surface area contributed by atoms with Crippen LogP contribution in [0.2, 0.25) is 10.0 Å². The minimum Gasteiger partial charge on any atom is -0.386 e. The normalized spacial score (nSPS) is 15.8. The predicted octanol–water partition coefficient (Wildman–Crippen LogP) is 2.79. The van der Waals surface area contributed by atoms with Crippen LogP contribution >= 0.6 is 39.1 Å². The second-order valence-electron chi connectivity index (χ2n) is 3.29. The lowest BCUT2D eigenvalue weighted by molar-refractivity contribution is 0.195. The van der Waals surface area contributed by atoms with E-state index in [1.807, 2.05) is 0 Å². The highest BCUT2D eigenvalue weighted by Crippen LogP contribution is 2.32. The van der Waals surface area contributed by atoms with E-state index in [-0.39, 0.29) is 5.02 Å². The Balaban J connectivity index is 3.10. The molecule has 7 heteroatoms. The summed E-state index contributed by atoms with van der Waals surface area (Å²) in [5.41, 5.74) is 0.318. The maximum Gasteiger partial charge on any atom is 0.163 e. The number of halogens is 3. The Morgan fingerprint density at radius 1 is 1.38 bits per heavy atom. The van der Waals surface area contributed by atoms with Crippen LogP contribution in [-0.2, 0) is 9.84 Å². The summed E-state index contributed by atoms with van der Waals surface area (Å²) < 4.78 is 21.4. The van der Waals surface area contributed by atoms with Gasteiger partial charge in [0.15, 0.2) is 9.84 Å². The van der Waals surface area contributed by atoms with Gasteiger partial charge >= 0.3 is 0 Å². The van der Waals surface area contributed by atoms with Gasteiger partial charge < -0.3 is 5.11 Å². The van der Waals surface area contributed by atoms with Crippen molar-refractivity contribution in [1.29, 1.82) is 0 Å². The summed E-state index contributed by atoms with van der Waals surface area (Å²) in [4.78, 5) is 0. The highest BCUT2D eigenvalue weighted by molar-refractivity contribution is 9.11. The van der Waals surface area contributed by atoms with E-state index in [2.05, 4.69) is 15.9 Å². The van der Waals surface area contributed by atoms with Gasteiger partial charge in [0.2, 0.25) is 0 Å². The van der Waals surface area contributed by atoms with Crippen LogP contribution in [0.25, 0.3) is 0 Å². The first kappa shape index (κ1) is 14.3. The monoisotopic (exact) mass is 346 g/mol. The minimum absolute atomic E-state index is 0.230. The molecule has 2 atom stereocenters. The summed E-state index contributed by atoms with van der Waals surface area (Å²) in [7, 11) is -3.40. The molecule has 0 aliphatic rings. The van der Waals surface area contributed by atoms with Gasteiger partial charge in [-0.2, -0.15) is 0 Å². The summed E-state index contributed by atoms with van der Waals surface area (Å²) in [6.45, 7) is 0. The van der Waals surface area contributed by atoms with E-state index < -0.39 is 20.1 Å². The van der Waals surface area contributed by atoms with Crippen molar-refractivity contribution in [3.05, 3.63) is 33.8 Å². The Kier molecular flexibility index (Phi) is 4.66. The van der Waals surface area contributed by atoms with E-state index in [4.69, 9.17) is 23.2 Å². The molecule has 1 aromatic rings. The van der Waals surface area contributed by atoms with Crippen LogP contribution in [0, 0.1) is 0 Å². The molecule has 90 valence electrons. The molecule has 0 bridgehead atoms. The third-order valence-corrected chi connectivity index (χ3v) is 6.11. The molecule has 16 heavy (non-hydrogen) atoms. The van der Waals surface area contributed by atoms with Crippen molar-refractivity contribution in [1.82, 2.24) is 0 Å². The number of benzene rings is 1. The van der Waals surface area contributed by atoms with Crippen molar-refractivity contribution < 1.29 is 13.5 Å². The molecule has 0 aromatic heterocycles. The van der Waals surface area contributed by atoms with Crippen LogP contribution in [0.3, 0.4) is 0 Å². The van der Waals surface area contributed by atoms with E-state index in [1.165, 1.54) is 18.2 Å². The third-order valence-electron chi connectivity index (χ3n) is 1.94. The zero-order valence-electron chi connectivity index (χ0n) is 8.19. The van der Waals surface area contributed by atoms with E-state index in [9.17, 15) is 13.5 Å². The van der Waals surface area contributed by atoms with Gasteiger partial charge in [-0.25, -0.2) is 8.42 Å². The molecule has 0 aliphatic heterocycles. The third kappa shape index (κ3) is 3.34. The first-order valence-corrected chi connectivity index (χ1v) is 7.82. The molecule has 1 N–H and O–H groups in total. The first-order chi connectivity index (χ1) is 7.23. The number of alkyl halides is 1. The maximum absolute atomic E-state index is 11.2. The Morgan fingerprint density at radius 3 is 2.38 bits per heavy atom. The van der Waals surface area contributed by atoms with Crippen LogP contribution in [0.4, 0.5) is 0 Å². The number of sulfone groups is 1. The fraction of sp³-hybridized carbons (Fsp3) is 0.333. The van der Waals surface area contributed by atoms with Gasteiger partial charge in [0.25, 0.3) is 0 Å². The van der Waals surface area contributed by atoms with Crippen molar-refractivity contribution in [2.24, 2.45) is 0 Å². The fourth-order valence-corrected chi connectivity index (χ4v) is 2.54. The lowest BCUT2D eigenvalue weighted by atomic mass is 10.1. The molecular weight excluding hydrogens is 339 g/mol. The van der Waals surface area contributed by atoms with Gasteiger partial charge in [0, 0.05) is 21.9 Å². The van der Waals surface area contributed by atoms with Gasteiger partial charge in [0.1, 0.15) is 10.3 Å². The van der Waals surface area contributed by atoms with Gasteiger partial charge in [-0.3, -0.25) is 0 Å². The molecular formula is C9H9BrCl2O3S. The Labute approximate surface area is 112 Å². The lowest BCUT2D eigenvalue weighted by Gasteiger charge is -2.17. The molecule has 0 radical (unpaired) electrons. The highest BCUT2D eigenvalue weighted by atomic mass is 79.9. The number of hydrogen-bond donors (Lipinski definition) is 1. The van der Waals surface area contributed by atoms with Gasteiger partial charge in [0.05, 0.1) is 0 Å². The Bertz CT molecular complexity index is 490. The molecule has 0 fully saturated rings. The van der Waals surface area contributed by atoms with Crippen LogP contribution in [-0.4, -0.2) is 23.9 Å². The summed E-state index contributed by atoms with van der Waals surface area (Å²) in [6.07, 6.45) is -0.209. The number of hydrogen-bond acceptors (Lipinski definition) is 3. The molecule has 1 rings (SSSR count). The number of aliphatic hydroxyl groups excluding tert-OH is 1. The molecule has 0 amide bonds. The van der Waals surface area contributed by atoms with Crippen molar-refractivity contribution in [3.8, 4) is 0 Å². The summed E-state index contributed by atoms with van der Waals surface area (Å²) in [5, 5.41) is 10.5. The minimum atomic E-state index is -3.40. The van der Waals surface area contributed by atoms with E-state index in [0.717, 1.165) is 6.26 Å². The molecule has 0 saturated heterocycles. The predicted molar refractivity (Wildman–Crippen MR) is 69.0 cm³/mol. The maximum atomic E-state index is 11.2. The summed E-state index contributed by atoms with van der Waals surface area (Å²) in [6, 6.07) is 4.48. The van der Waals surface area contributed by atoms with Crippen molar-refractivity contribution in [2.75, 3.05) is 6.26 Å². The first-order valence-electron chi connectivity index (χ1n) is 4.19. The second-order valence-corrected chi connectivity index (χ2v) is 7.89. The zero-order valence-corrected chi connectivity index (χ0v) is 12.1. The van der Waals surface area contributed by atoms with E-state index in [0.29, 0.717) is 10.6 Å². The topological polar surface area (TPSA) is 54.4 Å². The Morgan fingerprint density at radius 2 is 1.94 bits per heavy atom. The highest BCUT2D eigenvalue weighted by Gasteiger charge is 2.28. The molecule has 0 heterocycles. The van der Waals surface area contributed by atoms with Crippen LogP contribution in [0.15, 0.2) is 18.2 Å². The standard InChI is InChI=1S/C9H9BrCl2O3S/c1-16(14,15)9(10)8(13)6-3-2-5(11)4-7(6)12/h2-4,8-9,13H,1H3/t8-,9+/m0/s1. The molecule has 0 aliphatic carbocycles. The van der Waals surface area contributed by atoms with E-state index >= 15 is 0 Å². The molecule has 0 unspecified atom stereocenters. The average molecular weight is 348 g/mol. The number of aliphatic hydroxyl groups is 1. The molecule has 3 nitrogen and oxygen atoms in total. The number of rotatable bonds is 3. The molecule has 1 aromatic carbocycles. The molecule has 0 saturated carbocycles. The van der Waals surface area contributed by atoms with Crippen molar-refractivity contribution in [3.63, 3.8) is 0 Å². The van der Waals surface area contributed by atoms with Crippen LogP contribution in [0.1, 0.15) is 11.7 Å². The second kappa shape index (κ2) is 5.23. The van der Waals surface area contributed by atoms with Crippen molar-refractivity contribution in [2.45, 2.75) is 10.3 Å². The van der Waals surface area contributed by atoms with E-state index in [1.54, 1.807) is 0 Å². The average Bonchev–Trinajstić information content (AvgIpc) is 2.14. The van der Waals surface area contributed by atoms with Gasteiger partial charge in [-0.15, -0.1) is 0 Å². The summed E-state index contributed by atoms with van der Waals surface area (Å²) in [5.74, 6) is 0. The van der Waals surface area contributed by atoms with Crippen molar-refractivity contribution >= 4 is 49.0 Å². The van der Waals surface area contributed by atoms with Gasteiger partial charge in [-0.1, -0.05) is 45.2 Å².